The zero-order valence-corrected chi connectivity index (χ0v) is 11.2. The highest BCUT2D eigenvalue weighted by atomic mass is 35.5. The first-order valence-corrected chi connectivity index (χ1v) is 6.71. The number of nitrogens with zero attached hydrogens (tertiary/aromatic N) is 2. The van der Waals surface area contributed by atoms with E-state index in [4.69, 9.17) is 16.3 Å². The van der Waals surface area contributed by atoms with Crippen LogP contribution in [-0.4, -0.2) is 29.2 Å². The van der Waals surface area contributed by atoms with Crippen LogP contribution in [0.3, 0.4) is 0 Å². The van der Waals surface area contributed by atoms with Crippen molar-refractivity contribution in [2.24, 2.45) is 0 Å². The molecule has 0 radical (unpaired) electrons. The smallest absolute Gasteiger partial charge is 0.311 e. The van der Waals surface area contributed by atoms with Gasteiger partial charge in [-0.3, -0.25) is 10.1 Å². The Kier molecular flexibility index (Phi) is 4.93. The van der Waals surface area contributed by atoms with Gasteiger partial charge in [0.2, 0.25) is 5.82 Å². The van der Waals surface area contributed by atoms with Crippen LogP contribution in [0.2, 0.25) is 5.15 Å². The largest absolute Gasteiger partial charge is 0.378 e. The summed E-state index contributed by atoms with van der Waals surface area (Å²) in [6.07, 6.45) is 4.39. The third kappa shape index (κ3) is 4.04. The molecule has 19 heavy (non-hydrogen) atoms. The lowest BCUT2D eigenvalue weighted by Gasteiger charge is -2.22. The topological polar surface area (TPSA) is 77.3 Å². The molecular formula is C12H16ClN3O3. The maximum absolute atomic E-state index is 10.9. The summed E-state index contributed by atoms with van der Waals surface area (Å²) in [6, 6.07) is 2.77. The van der Waals surface area contributed by atoms with Gasteiger partial charge in [-0.05, 0) is 31.7 Å². The fraction of sp³-hybridized carbons (Fsp3) is 0.583. The van der Waals surface area contributed by atoms with Gasteiger partial charge in [0.05, 0.1) is 11.0 Å². The van der Waals surface area contributed by atoms with Gasteiger partial charge >= 0.3 is 5.69 Å². The van der Waals surface area contributed by atoms with E-state index in [0.29, 0.717) is 6.54 Å². The highest BCUT2D eigenvalue weighted by Gasteiger charge is 2.17. The summed E-state index contributed by atoms with van der Waals surface area (Å²) >= 11 is 5.75. The van der Waals surface area contributed by atoms with Gasteiger partial charge in [-0.2, -0.15) is 0 Å². The number of pyridine rings is 1. The Labute approximate surface area is 116 Å². The first kappa shape index (κ1) is 14.0. The SMILES string of the molecule is O=[N+]([O-])c1ccc(Cl)nc1NCCC1CCCCO1. The van der Waals surface area contributed by atoms with Gasteiger partial charge in [-0.1, -0.05) is 11.6 Å². The number of nitrogens with one attached hydrogen (secondary N) is 1. The van der Waals surface area contributed by atoms with E-state index in [2.05, 4.69) is 10.3 Å². The molecule has 7 heteroatoms. The number of hydrogen-bond donors (Lipinski definition) is 1. The lowest BCUT2D eigenvalue weighted by atomic mass is 10.1. The van der Waals surface area contributed by atoms with Crippen LogP contribution in [0.25, 0.3) is 0 Å². The fourth-order valence-corrected chi connectivity index (χ4v) is 2.24. The van der Waals surface area contributed by atoms with Crippen molar-refractivity contribution in [2.75, 3.05) is 18.5 Å². The second-order valence-electron chi connectivity index (χ2n) is 4.46. The van der Waals surface area contributed by atoms with Crippen LogP contribution in [0, 0.1) is 10.1 Å². The number of nitro groups is 1. The second kappa shape index (κ2) is 6.68. The molecule has 104 valence electrons. The Hall–Kier alpha value is -1.40. The summed E-state index contributed by atoms with van der Waals surface area (Å²) in [7, 11) is 0. The van der Waals surface area contributed by atoms with Crippen molar-refractivity contribution in [1.29, 1.82) is 0 Å². The van der Waals surface area contributed by atoms with Crippen molar-refractivity contribution in [2.45, 2.75) is 31.8 Å². The van der Waals surface area contributed by atoms with Crippen molar-refractivity contribution < 1.29 is 9.66 Å². The monoisotopic (exact) mass is 285 g/mol. The van der Waals surface area contributed by atoms with Crippen LogP contribution in [0.5, 0.6) is 0 Å². The number of halogens is 1. The van der Waals surface area contributed by atoms with Gasteiger partial charge in [0.15, 0.2) is 0 Å². The number of rotatable bonds is 5. The van der Waals surface area contributed by atoms with Crippen molar-refractivity contribution in [1.82, 2.24) is 4.98 Å². The molecule has 0 aromatic carbocycles. The molecule has 0 bridgehead atoms. The maximum Gasteiger partial charge on any atom is 0.311 e. The molecule has 1 aromatic heterocycles. The average Bonchev–Trinajstić information content (AvgIpc) is 2.39. The number of anilines is 1. The molecule has 1 atom stereocenters. The summed E-state index contributed by atoms with van der Waals surface area (Å²) < 4.78 is 5.60. The molecule has 0 spiro atoms. The molecule has 1 unspecified atom stereocenters. The molecule has 0 saturated carbocycles. The van der Waals surface area contributed by atoms with Crippen molar-refractivity contribution in [3.05, 3.63) is 27.4 Å². The van der Waals surface area contributed by atoms with Gasteiger partial charge in [0, 0.05) is 19.2 Å². The standard InChI is InChI=1S/C12H16ClN3O3/c13-11-5-4-10(16(17)18)12(15-11)14-7-6-9-3-1-2-8-19-9/h4-5,9H,1-3,6-8H2,(H,14,15). The number of aromatic nitrogens is 1. The van der Waals surface area contributed by atoms with E-state index in [-0.39, 0.29) is 22.8 Å². The van der Waals surface area contributed by atoms with E-state index >= 15 is 0 Å². The van der Waals surface area contributed by atoms with Gasteiger partial charge in [0.1, 0.15) is 5.15 Å². The van der Waals surface area contributed by atoms with Crippen LogP contribution < -0.4 is 5.32 Å². The Morgan fingerprint density at radius 3 is 3.05 bits per heavy atom. The Balaban J connectivity index is 1.91. The first-order chi connectivity index (χ1) is 9.16. The van der Waals surface area contributed by atoms with Crippen molar-refractivity contribution >= 4 is 23.1 Å². The highest BCUT2D eigenvalue weighted by molar-refractivity contribution is 6.29. The predicted molar refractivity (Wildman–Crippen MR) is 72.6 cm³/mol. The number of hydrogen-bond acceptors (Lipinski definition) is 5. The zero-order chi connectivity index (χ0) is 13.7. The maximum atomic E-state index is 10.9. The minimum absolute atomic E-state index is 0.0611. The molecule has 2 rings (SSSR count). The minimum Gasteiger partial charge on any atom is -0.378 e. The summed E-state index contributed by atoms with van der Waals surface area (Å²) in [5, 5.41) is 14.1. The summed E-state index contributed by atoms with van der Waals surface area (Å²) in [5.74, 6) is 0.216. The molecular weight excluding hydrogens is 270 g/mol. The van der Waals surface area contributed by atoms with Crippen LogP contribution in [0.4, 0.5) is 11.5 Å². The van der Waals surface area contributed by atoms with Crippen LogP contribution in [0.15, 0.2) is 12.1 Å². The zero-order valence-electron chi connectivity index (χ0n) is 10.5. The van der Waals surface area contributed by atoms with Crippen LogP contribution >= 0.6 is 11.6 Å². The molecule has 0 amide bonds. The van der Waals surface area contributed by atoms with E-state index in [0.717, 1.165) is 25.9 Å². The van der Waals surface area contributed by atoms with Crippen molar-refractivity contribution in [3.63, 3.8) is 0 Å². The number of ether oxygens (including phenoxy) is 1. The summed E-state index contributed by atoms with van der Waals surface area (Å²) in [4.78, 5) is 14.3. The minimum atomic E-state index is -0.469. The van der Waals surface area contributed by atoms with Gasteiger partial charge in [0.25, 0.3) is 0 Å². The normalized spacial score (nSPS) is 19.1. The van der Waals surface area contributed by atoms with Gasteiger partial charge in [-0.25, -0.2) is 4.98 Å². The lowest BCUT2D eigenvalue weighted by Crippen LogP contribution is -2.22. The first-order valence-electron chi connectivity index (χ1n) is 6.33. The molecule has 1 aromatic rings. The van der Waals surface area contributed by atoms with E-state index in [9.17, 15) is 10.1 Å². The average molecular weight is 286 g/mol. The molecule has 1 saturated heterocycles. The molecule has 1 N–H and O–H groups in total. The molecule has 1 aliphatic heterocycles. The van der Waals surface area contributed by atoms with E-state index < -0.39 is 4.92 Å². The third-order valence-electron chi connectivity index (χ3n) is 3.07. The van der Waals surface area contributed by atoms with Crippen LogP contribution in [0.1, 0.15) is 25.7 Å². The lowest BCUT2D eigenvalue weighted by molar-refractivity contribution is -0.384. The molecule has 0 aliphatic carbocycles. The van der Waals surface area contributed by atoms with Gasteiger partial charge in [-0.15, -0.1) is 0 Å². The Morgan fingerprint density at radius 2 is 2.37 bits per heavy atom. The van der Waals surface area contributed by atoms with E-state index in [1.54, 1.807) is 0 Å². The van der Waals surface area contributed by atoms with E-state index in [1.165, 1.54) is 18.6 Å². The molecule has 1 aliphatic rings. The molecule has 6 nitrogen and oxygen atoms in total. The van der Waals surface area contributed by atoms with Crippen molar-refractivity contribution in [3.8, 4) is 0 Å². The Morgan fingerprint density at radius 1 is 1.53 bits per heavy atom. The highest BCUT2D eigenvalue weighted by Crippen LogP contribution is 2.24. The quantitative estimate of drug-likeness (QED) is 0.511. The fourth-order valence-electron chi connectivity index (χ4n) is 2.09. The Bertz CT molecular complexity index is 450. The van der Waals surface area contributed by atoms with E-state index in [1.807, 2.05) is 0 Å². The molecule has 1 fully saturated rings. The second-order valence-corrected chi connectivity index (χ2v) is 4.85. The summed E-state index contributed by atoms with van der Waals surface area (Å²) in [6.45, 7) is 1.39. The third-order valence-corrected chi connectivity index (χ3v) is 3.28. The molecule has 2 heterocycles. The van der Waals surface area contributed by atoms with Crippen LogP contribution in [-0.2, 0) is 4.74 Å². The van der Waals surface area contributed by atoms with Gasteiger partial charge < -0.3 is 10.1 Å². The summed E-state index contributed by atoms with van der Waals surface area (Å²) in [5.41, 5.74) is -0.0611. The predicted octanol–water partition coefficient (Wildman–Crippen LogP) is 3.01.